The Morgan fingerprint density at radius 3 is 2.60 bits per heavy atom. The summed E-state index contributed by atoms with van der Waals surface area (Å²) in [6, 6.07) is 8.85. The van der Waals surface area contributed by atoms with Crippen LogP contribution in [0.2, 0.25) is 5.02 Å². The molecule has 12 nitrogen and oxygen atoms in total. The maximum absolute atomic E-state index is 13.1. The van der Waals surface area contributed by atoms with E-state index in [1.54, 1.807) is 24.3 Å². The van der Waals surface area contributed by atoms with Crippen molar-refractivity contribution in [2.45, 2.75) is 18.9 Å². The molecule has 13 heteroatoms. The number of methoxy groups -OCH3 is 1. The monoisotopic (exact) mass is 567 g/mol. The van der Waals surface area contributed by atoms with Gasteiger partial charge in [-0.3, -0.25) is 19.5 Å². The van der Waals surface area contributed by atoms with E-state index in [0.29, 0.717) is 42.2 Å². The topological polar surface area (TPSA) is 132 Å². The Hall–Kier alpha value is -3.90. The third-order valence-corrected chi connectivity index (χ3v) is 7.47. The van der Waals surface area contributed by atoms with E-state index in [-0.39, 0.29) is 17.5 Å². The fraction of sp³-hybridized carbons (Fsp3) is 0.444. The molecule has 2 aliphatic heterocycles. The van der Waals surface area contributed by atoms with Gasteiger partial charge < -0.3 is 25.2 Å². The van der Waals surface area contributed by atoms with Gasteiger partial charge in [0, 0.05) is 81.9 Å². The predicted octanol–water partition coefficient (Wildman–Crippen LogP) is 2.17. The number of nitrogens with one attached hydrogen (secondary N) is 3. The van der Waals surface area contributed by atoms with Gasteiger partial charge in [0.15, 0.2) is 0 Å². The Bertz CT molecular complexity index is 1350. The number of H-pyrrole nitrogens is 1. The molecule has 0 unspecified atom stereocenters. The third kappa shape index (κ3) is 6.99. The molecular weight excluding hydrogens is 534 g/mol. The number of anilines is 3. The maximum Gasteiger partial charge on any atom is 0.272 e. The summed E-state index contributed by atoms with van der Waals surface area (Å²) < 4.78 is 5.51. The molecule has 0 bridgehead atoms. The van der Waals surface area contributed by atoms with Gasteiger partial charge in [-0.25, -0.2) is 15.0 Å². The number of likely N-dealkylation sites (tertiary alicyclic amines) is 1. The van der Waals surface area contributed by atoms with Gasteiger partial charge in [0.2, 0.25) is 11.9 Å². The van der Waals surface area contributed by atoms with Crippen LogP contribution in [-0.4, -0.2) is 101 Å². The highest BCUT2D eigenvalue weighted by Crippen LogP contribution is 2.31. The smallest absolute Gasteiger partial charge is 0.272 e. The van der Waals surface area contributed by atoms with Crippen molar-refractivity contribution in [2.24, 2.45) is 0 Å². The van der Waals surface area contributed by atoms with Gasteiger partial charge in [-0.2, -0.15) is 0 Å². The van der Waals surface area contributed by atoms with Gasteiger partial charge in [0.05, 0.1) is 12.8 Å². The number of rotatable bonds is 9. The largest absolute Gasteiger partial charge is 0.495 e. The Labute approximate surface area is 237 Å². The van der Waals surface area contributed by atoms with Gasteiger partial charge >= 0.3 is 0 Å². The average Bonchev–Trinajstić information content (AvgIpc) is 2.98. The molecule has 5 rings (SSSR count). The van der Waals surface area contributed by atoms with E-state index in [4.69, 9.17) is 16.3 Å². The van der Waals surface area contributed by atoms with Crippen molar-refractivity contribution in [2.75, 3.05) is 75.0 Å². The highest BCUT2D eigenvalue weighted by atomic mass is 35.5. The number of halogens is 1. The molecule has 2 fully saturated rings. The molecule has 0 spiro atoms. The number of ether oxygens (including phenoxy) is 1. The average molecular weight is 568 g/mol. The van der Waals surface area contributed by atoms with Crippen molar-refractivity contribution in [3.63, 3.8) is 0 Å². The molecule has 4 heterocycles. The number of hydrogen-bond donors (Lipinski definition) is 3. The highest BCUT2D eigenvalue weighted by Gasteiger charge is 2.25. The number of benzene rings is 1. The summed E-state index contributed by atoms with van der Waals surface area (Å²) in [5.74, 6) is 1.62. The van der Waals surface area contributed by atoms with E-state index < -0.39 is 0 Å². The lowest BCUT2D eigenvalue weighted by Crippen LogP contribution is -2.47. The first kappa shape index (κ1) is 27.7. The number of aromatic amines is 1. The van der Waals surface area contributed by atoms with Crippen LogP contribution in [0.15, 0.2) is 47.5 Å². The fourth-order valence-electron chi connectivity index (χ4n) is 5.04. The summed E-state index contributed by atoms with van der Waals surface area (Å²) in [5, 5.41) is 7.20. The van der Waals surface area contributed by atoms with Crippen LogP contribution in [0.3, 0.4) is 0 Å². The molecule has 1 amide bonds. The summed E-state index contributed by atoms with van der Waals surface area (Å²) >= 11 is 6.21. The summed E-state index contributed by atoms with van der Waals surface area (Å²) in [4.78, 5) is 46.6. The number of hydrogen-bond acceptors (Lipinski definition) is 10. The quantitative estimate of drug-likeness (QED) is 0.353. The Kier molecular flexibility index (Phi) is 8.97. The van der Waals surface area contributed by atoms with Crippen LogP contribution in [0.4, 0.5) is 17.6 Å². The van der Waals surface area contributed by atoms with Gasteiger partial charge in [0.25, 0.3) is 11.5 Å². The molecule has 0 saturated carbocycles. The highest BCUT2D eigenvalue weighted by molar-refractivity contribution is 6.30. The van der Waals surface area contributed by atoms with E-state index in [9.17, 15) is 9.59 Å². The number of nitrogens with zero attached hydrogens (tertiary/aromatic N) is 6. The molecule has 1 aromatic carbocycles. The first-order chi connectivity index (χ1) is 19.5. The van der Waals surface area contributed by atoms with Crippen molar-refractivity contribution < 1.29 is 9.53 Å². The van der Waals surface area contributed by atoms with Crippen molar-refractivity contribution in [1.29, 1.82) is 0 Å². The Balaban J connectivity index is 1.06. The second-order valence-corrected chi connectivity index (χ2v) is 10.3. The lowest BCUT2D eigenvalue weighted by molar-refractivity contribution is 0.0712. The lowest BCUT2D eigenvalue weighted by Gasteiger charge is -2.36. The van der Waals surface area contributed by atoms with E-state index in [1.807, 2.05) is 18.2 Å². The second-order valence-electron chi connectivity index (χ2n) is 9.83. The Morgan fingerprint density at radius 2 is 1.85 bits per heavy atom. The summed E-state index contributed by atoms with van der Waals surface area (Å²) in [5.41, 5.74) is 1.20. The Morgan fingerprint density at radius 1 is 1.07 bits per heavy atom. The van der Waals surface area contributed by atoms with Gasteiger partial charge in [-0.15, -0.1) is 0 Å². The summed E-state index contributed by atoms with van der Waals surface area (Å²) in [6.45, 7) is 6.28. The van der Waals surface area contributed by atoms with Crippen molar-refractivity contribution in [3.05, 3.63) is 63.8 Å². The van der Waals surface area contributed by atoms with E-state index in [2.05, 4.69) is 40.4 Å². The maximum atomic E-state index is 13.1. The van der Waals surface area contributed by atoms with Crippen LogP contribution in [0.5, 0.6) is 5.75 Å². The minimum atomic E-state index is -0.198. The molecule has 2 aliphatic rings. The molecule has 3 N–H and O–H groups in total. The minimum Gasteiger partial charge on any atom is -0.495 e. The molecule has 212 valence electrons. The molecule has 0 radical (unpaired) electrons. The number of carbonyl (C=O) groups excluding carboxylic acids is 1. The second kappa shape index (κ2) is 13.0. The van der Waals surface area contributed by atoms with Crippen LogP contribution in [0.1, 0.15) is 23.3 Å². The van der Waals surface area contributed by atoms with Gasteiger partial charge in [0.1, 0.15) is 11.4 Å². The number of aromatic nitrogens is 4. The fourth-order valence-corrected chi connectivity index (χ4v) is 5.20. The number of piperazine rings is 1. The van der Waals surface area contributed by atoms with Crippen LogP contribution in [0.25, 0.3) is 0 Å². The van der Waals surface area contributed by atoms with Gasteiger partial charge in [-0.05, 0) is 37.1 Å². The first-order valence-electron chi connectivity index (χ1n) is 13.5. The van der Waals surface area contributed by atoms with Gasteiger partial charge in [-0.1, -0.05) is 11.6 Å². The summed E-state index contributed by atoms with van der Waals surface area (Å²) in [6.07, 6.45) is 4.59. The van der Waals surface area contributed by atoms with Crippen LogP contribution >= 0.6 is 11.6 Å². The standard InChI is InChI=1S/C27H34ClN9O3/c1-40-23-3-2-19(28)18-22(23)36-16-14-35(15-17-36)13-10-31-26-29-8-4-21(33-26)25(39)37-11-6-20(7-12-37)32-27-30-9-5-24(38)34-27/h2-5,8-9,18,20H,6-7,10-17H2,1H3,(H,29,31,33)(H2,30,32,34,38). The lowest BCUT2D eigenvalue weighted by atomic mass is 10.0. The molecule has 2 aromatic heterocycles. The molecule has 3 aromatic rings. The van der Waals surface area contributed by atoms with E-state index >= 15 is 0 Å². The molecular formula is C27H34ClN9O3. The number of amides is 1. The molecule has 0 aliphatic carbocycles. The van der Waals surface area contributed by atoms with Crippen LogP contribution in [-0.2, 0) is 0 Å². The molecule has 0 atom stereocenters. The third-order valence-electron chi connectivity index (χ3n) is 7.23. The number of piperidine rings is 1. The zero-order chi connectivity index (χ0) is 27.9. The number of carbonyl (C=O) groups is 1. The van der Waals surface area contributed by atoms with Crippen molar-refractivity contribution in [1.82, 2.24) is 29.7 Å². The molecule has 2 saturated heterocycles. The first-order valence-corrected chi connectivity index (χ1v) is 13.8. The van der Waals surface area contributed by atoms with Crippen molar-refractivity contribution in [3.8, 4) is 5.75 Å². The van der Waals surface area contributed by atoms with E-state index in [0.717, 1.165) is 57.0 Å². The van der Waals surface area contributed by atoms with Crippen LogP contribution in [0, 0.1) is 0 Å². The molecule has 40 heavy (non-hydrogen) atoms. The van der Waals surface area contributed by atoms with E-state index in [1.165, 1.54) is 12.3 Å². The summed E-state index contributed by atoms with van der Waals surface area (Å²) in [7, 11) is 1.68. The van der Waals surface area contributed by atoms with Crippen molar-refractivity contribution >= 4 is 35.1 Å². The predicted molar refractivity (Wildman–Crippen MR) is 155 cm³/mol. The SMILES string of the molecule is COc1ccc(Cl)cc1N1CCN(CCNc2nccc(C(=O)N3CCC(Nc4nccc(=O)[nH]4)CC3)n2)CC1. The normalized spacial score (nSPS) is 16.6. The minimum absolute atomic E-state index is 0.109. The zero-order valence-electron chi connectivity index (χ0n) is 22.5. The zero-order valence-corrected chi connectivity index (χ0v) is 23.2. The van der Waals surface area contributed by atoms with Crippen LogP contribution < -0.4 is 25.8 Å².